The fourth-order valence-corrected chi connectivity index (χ4v) is 2.83. The zero-order chi connectivity index (χ0) is 17.9. The van der Waals surface area contributed by atoms with E-state index in [0.717, 1.165) is 30.8 Å². The van der Waals surface area contributed by atoms with Crippen LogP contribution in [0.5, 0.6) is 11.5 Å². The van der Waals surface area contributed by atoms with E-state index >= 15 is 0 Å². The molecule has 0 aromatic heterocycles. The van der Waals surface area contributed by atoms with Crippen LogP contribution in [0.1, 0.15) is 45.6 Å². The Morgan fingerprint density at radius 2 is 1.75 bits per heavy atom. The zero-order valence-electron chi connectivity index (χ0n) is 15.1. The van der Waals surface area contributed by atoms with Crippen LogP contribution in [0, 0.1) is 11.8 Å². The molecule has 3 N–H and O–H groups in total. The van der Waals surface area contributed by atoms with Gasteiger partial charge in [0.2, 0.25) is 0 Å². The number of hydrogen-bond donors (Lipinski definition) is 2. The number of benzene rings is 1. The molecule has 0 fully saturated rings. The molecule has 0 saturated heterocycles. The summed E-state index contributed by atoms with van der Waals surface area (Å²) in [5.41, 5.74) is 6.71. The normalized spacial score (nSPS) is 13.3. The Balaban J connectivity index is 2.55. The standard InChI is InChI=1S/C19H31NO4/c1-4-23-17-10-15(11-18(12-17)24-5-2)8-6-7-14(3)9-16(13-20)19(21)22/h10-12,14,16H,4-9,13,20H2,1-3H3,(H,21,22). The fourth-order valence-electron chi connectivity index (χ4n) is 2.83. The molecule has 0 amide bonds. The highest BCUT2D eigenvalue weighted by atomic mass is 16.5. The van der Waals surface area contributed by atoms with Crippen molar-refractivity contribution in [2.45, 2.75) is 46.5 Å². The lowest BCUT2D eigenvalue weighted by molar-refractivity contribution is -0.141. The molecule has 1 rings (SSSR count). The molecule has 0 heterocycles. The summed E-state index contributed by atoms with van der Waals surface area (Å²) in [6.45, 7) is 7.47. The van der Waals surface area contributed by atoms with Gasteiger partial charge in [-0.2, -0.15) is 0 Å². The number of carbonyl (C=O) groups is 1. The third-order valence-electron chi connectivity index (χ3n) is 4.04. The largest absolute Gasteiger partial charge is 0.494 e. The van der Waals surface area contributed by atoms with Gasteiger partial charge < -0.3 is 20.3 Å². The molecule has 24 heavy (non-hydrogen) atoms. The molecule has 0 bridgehead atoms. The predicted octanol–water partition coefficient (Wildman–Crippen LogP) is 3.49. The first-order valence-electron chi connectivity index (χ1n) is 8.82. The Hall–Kier alpha value is -1.75. The first-order chi connectivity index (χ1) is 11.5. The van der Waals surface area contributed by atoms with Gasteiger partial charge in [-0.3, -0.25) is 4.79 Å². The van der Waals surface area contributed by atoms with Gasteiger partial charge in [0.05, 0.1) is 19.1 Å². The molecule has 0 aliphatic carbocycles. The highest BCUT2D eigenvalue weighted by Crippen LogP contribution is 2.25. The van der Waals surface area contributed by atoms with Gasteiger partial charge in [0.25, 0.3) is 0 Å². The number of ether oxygens (including phenoxy) is 2. The number of nitrogens with two attached hydrogens (primary N) is 1. The molecule has 2 unspecified atom stereocenters. The number of carboxylic acid groups (broad SMARTS) is 1. The van der Waals surface area contributed by atoms with Crippen molar-refractivity contribution in [3.63, 3.8) is 0 Å². The molecule has 0 aliphatic rings. The van der Waals surface area contributed by atoms with Crippen LogP contribution in [-0.2, 0) is 11.2 Å². The average Bonchev–Trinajstić information content (AvgIpc) is 2.53. The van der Waals surface area contributed by atoms with E-state index in [0.29, 0.717) is 25.6 Å². The summed E-state index contributed by atoms with van der Waals surface area (Å²) >= 11 is 0. The monoisotopic (exact) mass is 337 g/mol. The van der Waals surface area contributed by atoms with Crippen LogP contribution < -0.4 is 15.2 Å². The molecule has 0 spiro atoms. The average molecular weight is 337 g/mol. The van der Waals surface area contributed by atoms with Crippen LogP contribution >= 0.6 is 0 Å². The van der Waals surface area contributed by atoms with Gasteiger partial charge in [-0.25, -0.2) is 0 Å². The number of hydrogen-bond acceptors (Lipinski definition) is 4. The van der Waals surface area contributed by atoms with E-state index in [2.05, 4.69) is 19.1 Å². The van der Waals surface area contributed by atoms with E-state index < -0.39 is 11.9 Å². The maximum Gasteiger partial charge on any atom is 0.307 e. The summed E-state index contributed by atoms with van der Waals surface area (Å²) in [7, 11) is 0. The van der Waals surface area contributed by atoms with Crippen molar-refractivity contribution in [3.05, 3.63) is 23.8 Å². The second-order valence-corrected chi connectivity index (χ2v) is 6.18. The molecule has 5 heteroatoms. The third kappa shape index (κ3) is 7.21. The van der Waals surface area contributed by atoms with Crippen LogP contribution in [0.4, 0.5) is 0 Å². The van der Waals surface area contributed by atoms with Crippen molar-refractivity contribution in [2.75, 3.05) is 19.8 Å². The lowest BCUT2D eigenvalue weighted by atomic mass is 9.91. The molecule has 2 atom stereocenters. The molecule has 0 radical (unpaired) electrons. The molecule has 5 nitrogen and oxygen atoms in total. The summed E-state index contributed by atoms with van der Waals surface area (Å²) in [5.74, 6) is 0.776. The first kappa shape index (κ1) is 20.3. The molecule has 1 aromatic carbocycles. The quantitative estimate of drug-likeness (QED) is 0.610. The van der Waals surface area contributed by atoms with Crippen molar-refractivity contribution in [3.8, 4) is 11.5 Å². The van der Waals surface area contributed by atoms with Gasteiger partial charge in [-0.15, -0.1) is 0 Å². The van der Waals surface area contributed by atoms with Crippen molar-refractivity contribution in [1.29, 1.82) is 0 Å². The van der Waals surface area contributed by atoms with Gasteiger partial charge in [-0.05, 0) is 56.7 Å². The van der Waals surface area contributed by atoms with Crippen LogP contribution in [0.15, 0.2) is 18.2 Å². The van der Waals surface area contributed by atoms with Gasteiger partial charge in [0, 0.05) is 12.6 Å². The van der Waals surface area contributed by atoms with E-state index in [4.69, 9.17) is 20.3 Å². The highest BCUT2D eigenvalue weighted by Gasteiger charge is 2.18. The van der Waals surface area contributed by atoms with Crippen molar-refractivity contribution in [2.24, 2.45) is 17.6 Å². The number of aliphatic carboxylic acids is 1. The Morgan fingerprint density at radius 3 is 2.21 bits per heavy atom. The minimum atomic E-state index is -0.796. The summed E-state index contributed by atoms with van der Waals surface area (Å²) < 4.78 is 11.2. The first-order valence-corrected chi connectivity index (χ1v) is 8.82. The summed E-state index contributed by atoms with van der Waals surface area (Å²) in [5, 5.41) is 9.08. The van der Waals surface area contributed by atoms with Gasteiger partial charge in [-0.1, -0.05) is 13.3 Å². The third-order valence-corrected chi connectivity index (χ3v) is 4.04. The minimum absolute atomic E-state index is 0.202. The molecule has 0 aliphatic heterocycles. The van der Waals surface area contributed by atoms with Crippen LogP contribution in [-0.4, -0.2) is 30.8 Å². The van der Waals surface area contributed by atoms with E-state index in [1.807, 2.05) is 19.9 Å². The SMILES string of the molecule is CCOc1cc(CCCC(C)CC(CN)C(=O)O)cc(OCC)c1. The second kappa shape index (κ2) is 10.9. The lowest BCUT2D eigenvalue weighted by Gasteiger charge is -2.16. The van der Waals surface area contributed by atoms with Crippen molar-refractivity contribution >= 4 is 5.97 Å². The summed E-state index contributed by atoms with van der Waals surface area (Å²) in [6.07, 6.45) is 3.53. The van der Waals surface area contributed by atoms with Crippen LogP contribution in [0.2, 0.25) is 0 Å². The Morgan fingerprint density at radius 1 is 1.17 bits per heavy atom. The maximum atomic E-state index is 11.1. The summed E-state index contributed by atoms with van der Waals surface area (Å²) in [6, 6.07) is 6.02. The minimum Gasteiger partial charge on any atom is -0.494 e. The number of carboxylic acids is 1. The van der Waals surface area contributed by atoms with Gasteiger partial charge in [0.1, 0.15) is 11.5 Å². The highest BCUT2D eigenvalue weighted by molar-refractivity contribution is 5.70. The second-order valence-electron chi connectivity index (χ2n) is 6.18. The topological polar surface area (TPSA) is 81.8 Å². The van der Waals surface area contributed by atoms with E-state index in [-0.39, 0.29) is 6.54 Å². The zero-order valence-corrected chi connectivity index (χ0v) is 15.1. The Labute approximate surface area is 145 Å². The molecular formula is C19H31NO4. The molecule has 136 valence electrons. The van der Waals surface area contributed by atoms with E-state index in [1.54, 1.807) is 0 Å². The fraction of sp³-hybridized carbons (Fsp3) is 0.632. The van der Waals surface area contributed by atoms with Crippen LogP contribution in [0.3, 0.4) is 0 Å². The Kier molecular flexibility index (Phi) is 9.23. The molecule has 0 saturated carbocycles. The maximum absolute atomic E-state index is 11.1. The van der Waals surface area contributed by atoms with Crippen molar-refractivity contribution in [1.82, 2.24) is 0 Å². The van der Waals surface area contributed by atoms with E-state index in [1.165, 1.54) is 5.56 Å². The molecular weight excluding hydrogens is 306 g/mol. The van der Waals surface area contributed by atoms with E-state index in [9.17, 15) is 4.79 Å². The van der Waals surface area contributed by atoms with Crippen molar-refractivity contribution < 1.29 is 19.4 Å². The van der Waals surface area contributed by atoms with Gasteiger partial charge in [0.15, 0.2) is 0 Å². The summed E-state index contributed by atoms with van der Waals surface area (Å²) in [4.78, 5) is 11.1. The molecule has 1 aromatic rings. The Bertz CT molecular complexity index is 480. The smallest absolute Gasteiger partial charge is 0.307 e. The number of rotatable bonds is 12. The number of aryl methyl sites for hydroxylation is 1. The van der Waals surface area contributed by atoms with Gasteiger partial charge >= 0.3 is 5.97 Å². The van der Waals surface area contributed by atoms with Crippen LogP contribution in [0.25, 0.3) is 0 Å². The lowest BCUT2D eigenvalue weighted by Crippen LogP contribution is -2.25. The predicted molar refractivity (Wildman–Crippen MR) is 95.7 cm³/mol.